The molecular weight excluding hydrogens is 360 g/mol. The Morgan fingerprint density at radius 3 is 2.93 bits per heavy atom. The smallest absolute Gasteiger partial charge is 0.255 e. The maximum absolute atomic E-state index is 12.8. The summed E-state index contributed by atoms with van der Waals surface area (Å²) in [6.07, 6.45) is 2.30. The summed E-state index contributed by atoms with van der Waals surface area (Å²) in [6, 6.07) is 6.92. The number of benzene rings is 1. The number of hydrogen-bond donors (Lipinski definition) is 2. The van der Waals surface area contributed by atoms with E-state index in [-0.39, 0.29) is 18.2 Å². The number of hydrogen-bond acceptors (Lipinski definition) is 6. The number of fused-ring (bicyclic) bond motifs is 2. The van der Waals surface area contributed by atoms with Crippen LogP contribution in [0.1, 0.15) is 28.8 Å². The predicted molar refractivity (Wildman–Crippen MR) is 99.7 cm³/mol. The number of rotatable bonds is 2. The molecule has 0 radical (unpaired) electrons. The van der Waals surface area contributed by atoms with E-state index in [1.54, 1.807) is 17.2 Å². The molecule has 1 unspecified atom stereocenters. The number of amides is 3. The molecule has 3 aliphatic rings. The van der Waals surface area contributed by atoms with E-state index in [9.17, 15) is 14.4 Å². The van der Waals surface area contributed by atoms with Crippen molar-refractivity contribution in [3.05, 3.63) is 41.6 Å². The number of carbonyl (C=O) groups excluding carboxylic acids is 3. The Labute approximate surface area is 160 Å². The molecule has 0 aliphatic carbocycles. The molecule has 5 rings (SSSR count). The molecule has 1 saturated heterocycles. The molecular formula is C20H18N4O4. The van der Waals surface area contributed by atoms with Gasteiger partial charge in [-0.15, -0.1) is 0 Å². The minimum atomic E-state index is -0.607. The highest BCUT2D eigenvalue weighted by molar-refractivity contribution is 6.05. The standard InChI is InChI=1S/C20H18N4O4/c25-18-4-3-16(19(26)23-18)24-10-12-7-11(1-2-13(12)20(24)27)14-8-15-17(9-22-14)28-6-5-21-15/h1-2,7-9,16,21H,3-6,10H2,(H,23,25,26). The maximum atomic E-state index is 12.8. The van der Waals surface area contributed by atoms with E-state index in [2.05, 4.69) is 15.6 Å². The summed E-state index contributed by atoms with van der Waals surface area (Å²) in [4.78, 5) is 42.3. The van der Waals surface area contributed by atoms with Crippen LogP contribution < -0.4 is 15.4 Å². The van der Waals surface area contributed by atoms with Gasteiger partial charge in [0.15, 0.2) is 5.75 Å². The van der Waals surface area contributed by atoms with E-state index < -0.39 is 11.9 Å². The number of anilines is 1. The lowest BCUT2D eigenvalue weighted by molar-refractivity contribution is -0.136. The number of piperidine rings is 1. The largest absolute Gasteiger partial charge is 0.488 e. The molecule has 142 valence electrons. The molecule has 1 aromatic heterocycles. The summed E-state index contributed by atoms with van der Waals surface area (Å²) in [5.41, 5.74) is 4.03. The van der Waals surface area contributed by atoms with Crippen molar-refractivity contribution in [3.8, 4) is 17.0 Å². The topological polar surface area (TPSA) is 101 Å². The quantitative estimate of drug-likeness (QED) is 0.765. The Morgan fingerprint density at radius 1 is 1.18 bits per heavy atom. The molecule has 0 spiro atoms. The Morgan fingerprint density at radius 2 is 2.07 bits per heavy atom. The lowest BCUT2D eigenvalue weighted by Gasteiger charge is -2.29. The highest BCUT2D eigenvalue weighted by Gasteiger charge is 2.39. The van der Waals surface area contributed by atoms with Crippen molar-refractivity contribution in [2.45, 2.75) is 25.4 Å². The molecule has 1 atom stereocenters. The van der Waals surface area contributed by atoms with Crippen LogP contribution in [-0.4, -0.2) is 46.8 Å². The first-order valence-corrected chi connectivity index (χ1v) is 9.25. The van der Waals surface area contributed by atoms with Gasteiger partial charge in [-0.3, -0.25) is 24.7 Å². The Hall–Kier alpha value is -3.42. The van der Waals surface area contributed by atoms with Gasteiger partial charge < -0.3 is 15.0 Å². The van der Waals surface area contributed by atoms with Gasteiger partial charge in [0, 0.05) is 30.6 Å². The zero-order valence-electron chi connectivity index (χ0n) is 15.0. The second kappa shape index (κ2) is 6.33. The number of imide groups is 1. The Kier molecular flexibility index (Phi) is 3.78. The van der Waals surface area contributed by atoms with Crippen molar-refractivity contribution < 1.29 is 19.1 Å². The van der Waals surface area contributed by atoms with Crippen LogP contribution >= 0.6 is 0 Å². The maximum Gasteiger partial charge on any atom is 0.255 e. The van der Waals surface area contributed by atoms with Gasteiger partial charge in [-0.05, 0) is 30.2 Å². The fraction of sp³-hybridized carbons (Fsp3) is 0.300. The number of nitrogens with one attached hydrogen (secondary N) is 2. The van der Waals surface area contributed by atoms with Crippen molar-refractivity contribution in [1.82, 2.24) is 15.2 Å². The van der Waals surface area contributed by atoms with Gasteiger partial charge in [0.2, 0.25) is 11.8 Å². The zero-order chi connectivity index (χ0) is 19.3. The van der Waals surface area contributed by atoms with E-state index in [1.807, 2.05) is 18.2 Å². The van der Waals surface area contributed by atoms with Crippen molar-refractivity contribution in [2.24, 2.45) is 0 Å². The van der Waals surface area contributed by atoms with Crippen LogP contribution in [0.15, 0.2) is 30.5 Å². The summed E-state index contributed by atoms with van der Waals surface area (Å²) < 4.78 is 5.56. The molecule has 2 aromatic rings. The van der Waals surface area contributed by atoms with Crippen molar-refractivity contribution in [3.63, 3.8) is 0 Å². The van der Waals surface area contributed by atoms with E-state index in [0.717, 1.165) is 34.8 Å². The van der Waals surface area contributed by atoms with Crippen LogP contribution in [0.2, 0.25) is 0 Å². The Bertz CT molecular complexity index is 1020. The molecule has 3 amide bonds. The van der Waals surface area contributed by atoms with Crippen molar-refractivity contribution in [2.75, 3.05) is 18.5 Å². The monoisotopic (exact) mass is 378 g/mol. The van der Waals surface area contributed by atoms with Gasteiger partial charge in [-0.25, -0.2) is 0 Å². The number of carbonyl (C=O) groups is 3. The number of aromatic nitrogens is 1. The second-order valence-corrected chi connectivity index (χ2v) is 7.11. The molecule has 1 fully saturated rings. The van der Waals surface area contributed by atoms with Crippen molar-refractivity contribution in [1.29, 1.82) is 0 Å². The third kappa shape index (κ3) is 2.69. The molecule has 3 aliphatic heterocycles. The summed E-state index contributed by atoms with van der Waals surface area (Å²) in [6.45, 7) is 1.71. The molecule has 4 heterocycles. The fourth-order valence-corrected chi connectivity index (χ4v) is 3.93. The number of nitrogens with zero attached hydrogens (tertiary/aromatic N) is 2. The first-order chi connectivity index (χ1) is 13.6. The lowest BCUT2D eigenvalue weighted by Crippen LogP contribution is -2.52. The molecule has 2 N–H and O–H groups in total. The second-order valence-electron chi connectivity index (χ2n) is 7.11. The Balaban J connectivity index is 1.43. The average Bonchev–Trinajstić information content (AvgIpc) is 3.03. The molecule has 0 saturated carbocycles. The van der Waals surface area contributed by atoms with Gasteiger partial charge in [0.1, 0.15) is 12.6 Å². The summed E-state index contributed by atoms with van der Waals surface area (Å²) in [7, 11) is 0. The molecule has 8 heteroatoms. The van der Waals surface area contributed by atoms with Crippen LogP contribution in [0, 0.1) is 0 Å². The summed E-state index contributed by atoms with van der Waals surface area (Å²) in [5.74, 6) is -0.135. The van der Waals surface area contributed by atoms with Crippen molar-refractivity contribution >= 4 is 23.4 Å². The summed E-state index contributed by atoms with van der Waals surface area (Å²) >= 11 is 0. The highest BCUT2D eigenvalue weighted by Crippen LogP contribution is 2.33. The number of ether oxygens (including phenoxy) is 1. The first-order valence-electron chi connectivity index (χ1n) is 9.25. The van der Waals surface area contributed by atoms with Crippen LogP contribution in [0.25, 0.3) is 11.3 Å². The lowest BCUT2D eigenvalue weighted by atomic mass is 10.0. The summed E-state index contributed by atoms with van der Waals surface area (Å²) in [5, 5.41) is 5.61. The van der Waals surface area contributed by atoms with E-state index in [4.69, 9.17) is 4.74 Å². The minimum absolute atomic E-state index is 0.176. The zero-order valence-corrected chi connectivity index (χ0v) is 15.0. The SMILES string of the molecule is O=C1CCC(N2Cc3cc(-c4cc5c(cn4)OCCN5)ccc3C2=O)C(=O)N1. The van der Waals surface area contributed by atoms with Crippen LogP contribution in [0.3, 0.4) is 0 Å². The fourth-order valence-electron chi connectivity index (χ4n) is 3.93. The molecule has 8 nitrogen and oxygen atoms in total. The van der Waals surface area contributed by atoms with Gasteiger partial charge >= 0.3 is 0 Å². The van der Waals surface area contributed by atoms with Gasteiger partial charge in [0.05, 0.1) is 17.6 Å². The van der Waals surface area contributed by atoms with Crippen LogP contribution in [0.4, 0.5) is 5.69 Å². The van der Waals surface area contributed by atoms with E-state index in [1.165, 1.54) is 0 Å². The third-order valence-corrected chi connectivity index (χ3v) is 5.36. The first kappa shape index (κ1) is 16.7. The van der Waals surface area contributed by atoms with Gasteiger partial charge in [-0.2, -0.15) is 0 Å². The molecule has 0 bridgehead atoms. The normalized spacial score (nSPS) is 20.8. The van der Waals surface area contributed by atoms with Crippen LogP contribution in [-0.2, 0) is 16.1 Å². The van der Waals surface area contributed by atoms with E-state index >= 15 is 0 Å². The highest BCUT2D eigenvalue weighted by atomic mass is 16.5. The van der Waals surface area contributed by atoms with Gasteiger partial charge in [0.25, 0.3) is 5.91 Å². The minimum Gasteiger partial charge on any atom is -0.488 e. The van der Waals surface area contributed by atoms with E-state index in [0.29, 0.717) is 25.1 Å². The van der Waals surface area contributed by atoms with Gasteiger partial charge in [-0.1, -0.05) is 6.07 Å². The molecule has 1 aromatic carbocycles. The average molecular weight is 378 g/mol. The third-order valence-electron chi connectivity index (χ3n) is 5.36. The predicted octanol–water partition coefficient (Wildman–Crippen LogP) is 1.31. The van der Waals surface area contributed by atoms with Crippen LogP contribution in [0.5, 0.6) is 5.75 Å². The molecule has 28 heavy (non-hydrogen) atoms. The number of pyridine rings is 1.